The number of ether oxygens (including phenoxy) is 1. The molecule has 0 saturated carbocycles. The average Bonchev–Trinajstić information content (AvgIpc) is 2.75. The molecule has 0 unspecified atom stereocenters. The van der Waals surface area contributed by atoms with Gasteiger partial charge in [0, 0.05) is 0 Å². The highest BCUT2D eigenvalue weighted by molar-refractivity contribution is 5.71. The summed E-state index contributed by atoms with van der Waals surface area (Å²) >= 11 is 0. The number of aryl methyl sites for hydroxylation is 1. The number of furan rings is 1. The predicted octanol–water partition coefficient (Wildman–Crippen LogP) is 3.17. The number of nitro groups is 1. The van der Waals surface area contributed by atoms with E-state index in [0.29, 0.717) is 22.8 Å². The van der Waals surface area contributed by atoms with Gasteiger partial charge in [-0.1, -0.05) is 0 Å². The number of nitro benzene ring substituents is 1. The van der Waals surface area contributed by atoms with Crippen molar-refractivity contribution in [2.75, 3.05) is 7.11 Å². The van der Waals surface area contributed by atoms with Crippen LogP contribution < -0.4 is 4.74 Å². The number of rotatable bonds is 3. The van der Waals surface area contributed by atoms with Crippen LogP contribution in [0.4, 0.5) is 5.69 Å². The van der Waals surface area contributed by atoms with Crippen LogP contribution in [0.5, 0.6) is 5.75 Å². The lowest BCUT2D eigenvalue weighted by Gasteiger charge is -2.03. The molecule has 17 heavy (non-hydrogen) atoms. The lowest BCUT2D eigenvalue weighted by molar-refractivity contribution is -0.384. The first kappa shape index (κ1) is 11.2. The standard InChI is InChI=1S/C12H11NO4/c1-8-3-6-12(17-8)10-5-4-9(16-2)7-11(10)13(14)15/h3-7H,1-2H3. The second-order valence-corrected chi connectivity index (χ2v) is 3.55. The van der Waals surface area contributed by atoms with E-state index < -0.39 is 4.92 Å². The molecule has 0 spiro atoms. The van der Waals surface area contributed by atoms with Crippen LogP contribution >= 0.6 is 0 Å². The Bertz CT molecular complexity index is 559. The van der Waals surface area contributed by atoms with Crippen LogP contribution in [-0.4, -0.2) is 12.0 Å². The molecule has 0 aliphatic heterocycles. The predicted molar refractivity (Wildman–Crippen MR) is 62.1 cm³/mol. The minimum Gasteiger partial charge on any atom is -0.497 e. The molecular formula is C12H11NO4. The first-order valence-electron chi connectivity index (χ1n) is 5.01. The van der Waals surface area contributed by atoms with Crippen LogP contribution in [0.2, 0.25) is 0 Å². The summed E-state index contributed by atoms with van der Waals surface area (Å²) in [5.74, 6) is 1.64. The Morgan fingerprint density at radius 2 is 2.06 bits per heavy atom. The van der Waals surface area contributed by atoms with Crippen molar-refractivity contribution in [3.8, 4) is 17.1 Å². The summed E-state index contributed by atoms with van der Waals surface area (Å²) < 4.78 is 10.4. The zero-order valence-electron chi connectivity index (χ0n) is 9.47. The summed E-state index contributed by atoms with van der Waals surface area (Å²) in [5.41, 5.74) is 0.419. The summed E-state index contributed by atoms with van der Waals surface area (Å²) in [6, 6.07) is 8.15. The van der Waals surface area contributed by atoms with E-state index in [0.717, 1.165) is 0 Å². The van der Waals surface area contributed by atoms with Gasteiger partial charge < -0.3 is 9.15 Å². The maximum Gasteiger partial charge on any atom is 0.284 e. The van der Waals surface area contributed by atoms with Crippen LogP contribution in [-0.2, 0) is 0 Å². The summed E-state index contributed by atoms with van der Waals surface area (Å²) in [4.78, 5) is 10.5. The van der Waals surface area contributed by atoms with Crippen molar-refractivity contribution in [2.45, 2.75) is 6.92 Å². The molecule has 88 valence electrons. The molecule has 5 nitrogen and oxygen atoms in total. The first-order valence-corrected chi connectivity index (χ1v) is 5.01. The summed E-state index contributed by atoms with van der Waals surface area (Å²) in [6.45, 7) is 1.79. The molecule has 0 aliphatic carbocycles. The van der Waals surface area contributed by atoms with Crippen LogP contribution in [0.25, 0.3) is 11.3 Å². The van der Waals surface area contributed by atoms with E-state index in [9.17, 15) is 10.1 Å². The fraction of sp³-hybridized carbons (Fsp3) is 0.167. The number of methoxy groups -OCH3 is 1. The van der Waals surface area contributed by atoms with E-state index in [4.69, 9.17) is 9.15 Å². The van der Waals surface area contributed by atoms with E-state index in [-0.39, 0.29) is 5.69 Å². The molecule has 0 N–H and O–H groups in total. The van der Waals surface area contributed by atoms with Crippen molar-refractivity contribution in [1.29, 1.82) is 0 Å². The number of hydrogen-bond donors (Lipinski definition) is 0. The number of benzene rings is 1. The Kier molecular flexibility index (Phi) is 2.82. The van der Waals surface area contributed by atoms with E-state index in [1.807, 2.05) is 0 Å². The fourth-order valence-electron chi connectivity index (χ4n) is 1.58. The third kappa shape index (κ3) is 2.13. The Hall–Kier alpha value is -2.30. The largest absolute Gasteiger partial charge is 0.497 e. The minimum absolute atomic E-state index is 0.0290. The van der Waals surface area contributed by atoms with Crippen molar-refractivity contribution in [2.24, 2.45) is 0 Å². The fourth-order valence-corrected chi connectivity index (χ4v) is 1.58. The average molecular weight is 233 g/mol. The topological polar surface area (TPSA) is 65.5 Å². The molecule has 0 saturated heterocycles. The molecule has 0 aliphatic rings. The van der Waals surface area contributed by atoms with E-state index in [1.54, 1.807) is 31.2 Å². The Balaban J connectivity index is 2.57. The van der Waals surface area contributed by atoms with Gasteiger partial charge in [0.1, 0.15) is 17.3 Å². The van der Waals surface area contributed by atoms with Gasteiger partial charge in [-0.2, -0.15) is 0 Å². The minimum atomic E-state index is -0.449. The van der Waals surface area contributed by atoms with Gasteiger partial charge in [0.2, 0.25) is 0 Å². The van der Waals surface area contributed by atoms with E-state index >= 15 is 0 Å². The maximum absolute atomic E-state index is 11.0. The lowest BCUT2D eigenvalue weighted by atomic mass is 10.1. The van der Waals surface area contributed by atoms with Crippen LogP contribution in [0.1, 0.15) is 5.76 Å². The molecular weight excluding hydrogens is 222 g/mol. The Labute approximate surface area is 97.8 Å². The zero-order valence-corrected chi connectivity index (χ0v) is 9.47. The van der Waals surface area contributed by atoms with Crippen LogP contribution in [0, 0.1) is 17.0 Å². The van der Waals surface area contributed by atoms with Gasteiger partial charge in [0.15, 0.2) is 0 Å². The highest BCUT2D eigenvalue weighted by Gasteiger charge is 2.18. The van der Waals surface area contributed by atoms with Gasteiger partial charge in [0.05, 0.1) is 23.7 Å². The third-order valence-electron chi connectivity index (χ3n) is 2.41. The lowest BCUT2D eigenvalue weighted by Crippen LogP contribution is -1.93. The normalized spacial score (nSPS) is 10.2. The number of nitrogens with zero attached hydrogens (tertiary/aromatic N) is 1. The molecule has 1 aromatic heterocycles. The SMILES string of the molecule is COc1ccc(-c2ccc(C)o2)c([N+](=O)[O-])c1. The second-order valence-electron chi connectivity index (χ2n) is 3.55. The highest BCUT2D eigenvalue weighted by atomic mass is 16.6. The molecule has 0 amide bonds. The Morgan fingerprint density at radius 3 is 2.59 bits per heavy atom. The summed E-state index contributed by atoms with van der Waals surface area (Å²) in [7, 11) is 1.47. The van der Waals surface area contributed by atoms with E-state index in [1.165, 1.54) is 13.2 Å². The molecule has 2 rings (SSSR count). The molecule has 1 heterocycles. The first-order chi connectivity index (χ1) is 8.11. The van der Waals surface area contributed by atoms with Gasteiger partial charge in [-0.15, -0.1) is 0 Å². The van der Waals surface area contributed by atoms with Gasteiger partial charge in [-0.25, -0.2) is 0 Å². The quantitative estimate of drug-likeness (QED) is 0.603. The van der Waals surface area contributed by atoms with Gasteiger partial charge in [-0.3, -0.25) is 10.1 Å². The van der Waals surface area contributed by atoms with Crippen molar-refractivity contribution in [3.05, 3.63) is 46.2 Å². The molecule has 0 atom stereocenters. The van der Waals surface area contributed by atoms with Gasteiger partial charge in [0.25, 0.3) is 5.69 Å². The molecule has 1 aromatic carbocycles. The molecule has 0 bridgehead atoms. The Morgan fingerprint density at radius 1 is 1.29 bits per heavy atom. The second kappa shape index (κ2) is 4.29. The van der Waals surface area contributed by atoms with Crippen molar-refractivity contribution in [1.82, 2.24) is 0 Å². The van der Waals surface area contributed by atoms with E-state index in [2.05, 4.69) is 0 Å². The monoisotopic (exact) mass is 233 g/mol. The van der Waals surface area contributed by atoms with Gasteiger partial charge in [-0.05, 0) is 31.2 Å². The van der Waals surface area contributed by atoms with Crippen molar-refractivity contribution >= 4 is 5.69 Å². The number of hydrogen-bond acceptors (Lipinski definition) is 4. The smallest absolute Gasteiger partial charge is 0.284 e. The molecule has 0 fully saturated rings. The third-order valence-corrected chi connectivity index (χ3v) is 2.41. The van der Waals surface area contributed by atoms with Crippen LogP contribution in [0.3, 0.4) is 0 Å². The summed E-state index contributed by atoms with van der Waals surface area (Å²) in [5, 5.41) is 11.0. The molecule has 0 radical (unpaired) electrons. The maximum atomic E-state index is 11.0. The van der Waals surface area contributed by atoms with Crippen LogP contribution in [0.15, 0.2) is 34.7 Å². The van der Waals surface area contributed by atoms with Gasteiger partial charge >= 0.3 is 0 Å². The highest BCUT2D eigenvalue weighted by Crippen LogP contribution is 2.33. The summed E-state index contributed by atoms with van der Waals surface area (Å²) in [6.07, 6.45) is 0. The zero-order chi connectivity index (χ0) is 12.4. The van der Waals surface area contributed by atoms with Crippen molar-refractivity contribution in [3.63, 3.8) is 0 Å². The molecule has 2 aromatic rings. The van der Waals surface area contributed by atoms with Crippen molar-refractivity contribution < 1.29 is 14.1 Å². The molecule has 5 heteroatoms.